The summed E-state index contributed by atoms with van der Waals surface area (Å²) in [6, 6.07) is 24.0. The van der Waals surface area contributed by atoms with E-state index >= 15 is 0 Å². The number of piperidine rings is 1. The molecule has 1 aliphatic heterocycles. The summed E-state index contributed by atoms with van der Waals surface area (Å²) < 4.78 is 39.1. The van der Waals surface area contributed by atoms with Crippen LogP contribution in [0.3, 0.4) is 0 Å². The third kappa shape index (κ3) is 4.73. The van der Waals surface area contributed by atoms with Crippen molar-refractivity contribution in [3.63, 3.8) is 0 Å². The van der Waals surface area contributed by atoms with Crippen molar-refractivity contribution < 1.29 is 17.7 Å². The van der Waals surface area contributed by atoms with Gasteiger partial charge in [0.2, 0.25) is 21.7 Å². The highest BCUT2D eigenvalue weighted by Gasteiger charge is 2.33. The van der Waals surface area contributed by atoms with Gasteiger partial charge in [0.25, 0.3) is 0 Å². The third-order valence-corrected chi connectivity index (χ3v) is 7.80. The molecule has 1 saturated heterocycles. The smallest absolute Gasteiger partial charge is 0.243 e. The van der Waals surface area contributed by atoms with Gasteiger partial charge in [-0.25, -0.2) is 8.42 Å². The van der Waals surface area contributed by atoms with Crippen molar-refractivity contribution in [3.8, 4) is 22.9 Å². The summed E-state index contributed by atoms with van der Waals surface area (Å²) in [6.45, 7) is 2.74. The molecule has 1 atom stereocenters. The molecule has 4 aromatic rings. The van der Waals surface area contributed by atoms with Gasteiger partial charge in [-0.1, -0.05) is 41.1 Å². The van der Waals surface area contributed by atoms with Crippen molar-refractivity contribution >= 4 is 10.0 Å². The van der Waals surface area contributed by atoms with Crippen molar-refractivity contribution in [2.24, 2.45) is 0 Å². The van der Waals surface area contributed by atoms with Crippen molar-refractivity contribution in [2.75, 3.05) is 13.1 Å². The van der Waals surface area contributed by atoms with Crippen LogP contribution in [0, 0.1) is 6.92 Å². The van der Waals surface area contributed by atoms with E-state index in [-0.39, 0.29) is 5.92 Å². The van der Waals surface area contributed by atoms with Gasteiger partial charge in [0, 0.05) is 18.7 Å². The Kier molecular flexibility index (Phi) is 6.17. The summed E-state index contributed by atoms with van der Waals surface area (Å²) in [5.74, 6) is 2.27. The number of aromatic nitrogens is 2. The average molecular weight is 476 g/mol. The number of rotatable bonds is 6. The molecule has 2 heterocycles. The van der Waals surface area contributed by atoms with Crippen molar-refractivity contribution in [1.82, 2.24) is 14.4 Å². The maximum atomic E-state index is 13.1. The molecule has 0 amide bonds. The minimum absolute atomic E-state index is 0.143. The number of hydrogen-bond acceptors (Lipinski definition) is 6. The SMILES string of the molecule is Cc1ccc(S(=O)(=O)N2CCC[C@H](c3nc(-c4ccc(Oc5ccccc5)cc4)no3)C2)cc1. The molecule has 7 nitrogen and oxygen atoms in total. The van der Waals surface area contributed by atoms with E-state index in [9.17, 15) is 8.42 Å². The van der Waals surface area contributed by atoms with Crippen LogP contribution >= 0.6 is 0 Å². The van der Waals surface area contributed by atoms with Crippen molar-refractivity contribution in [2.45, 2.75) is 30.6 Å². The summed E-state index contributed by atoms with van der Waals surface area (Å²) in [7, 11) is -3.57. The molecule has 8 heteroatoms. The monoisotopic (exact) mass is 475 g/mol. The Hall–Kier alpha value is -3.49. The molecule has 1 aliphatic rings. The Balaban J connectivity index is 1.29. The van der Waals surface area contributed by atoms with Crippen LogP contribution in [0.5, 0.6) is 11.5 Å². The average Bonchev–Trinajstić information content (AvgIpc) is 3.36. The number of nitrogens with zero attached hydrogens (tertiary/aromatic N) is 3. The highest BCUT2D eigenvalue weighted by molar-refractivity contribution is 7.89. The fraction of sp³-hybridized carbons (Fsp3) is 0.231. The number of hydrogen-bond donors (Lipinski definition) is 0. The molecule has 174 valence electrons. The topological polar surface area (TPSA) is 85.5 Å². The molecular weight excluding hydrogens is 450 g/mol. The standard InChI is InChI=1S/C26H25N3O4S/c1-19-9-15-24(16-10-19)34(30,31)29-17-5-6-21(18-29)26-27-25(28-33-26)20-11-13-23(14-12-20)32-22-7-3-2-4-8-22/h2-4,7-16,21H,5-6,17-18H2,1H3/t21-/m0/s1. The van der Waals surface area contributed by atoms with Gasteiger partial charge >= 0.3 is 0 Å². The molecule has 1 aromatic heterocycles. The summed E-state index contributed by atoms with van der Waals surface area (Å²) in [6.07, 6.45) is 1.53. The van der Waals surface area contributed by atoms with E-state index < -0.39 is 10.0 Å². The highest BCUT2D eigenvalue weighted by atomic mass is 32.2. The largest absolute Gasteiger partial charge is 0.457 e. The second kappa shape index (κ2) is 9.40. The predicted molar refractivity (Wildman–Crippen MR) is 128 cm³/mol. The maximum absolute atomic E-state index is 13.1. The van der Waals surface area contributed by atoms with Crippen LogP contribution in [0.25, 0.3) is 11.4 Å². The summed E-state index contributed by atoms with van der Waals surface area (Å²) in [5.41, 5.74) is 1.82. The summed E-state index contributed by atoms with van der Waals surface area (Å²) in [5, 5.41) is 4.14. The van der Waals surface area contributed by atoms with Crippen molar-refractivity contribution in [1.29, 1.82) is 0 Å². The molecule has 1 fully saturated rings. The summed E-state index contributed by atoms with van der Waals surface area (Å²) in [4.78, 5) is 4.89. The second-order valence-corrected chi connectivity index (χ2v) is 10.3. The first kappa shape index (κ1) is 22.3. The fourth-order valence-corrected chi connectivity index (χ4v) is 5.56. The number of benzene rings is 3. The van der Waals surface area contributed by atoms with E-state index in [1.54, 1.807) is 12.1 Å². The van der Waals surface area contributed by atoms with Crippen LogP contribution in [-0.2, 0) is 10.0 Å². The molecular formula is C26H25N3O4S. The number of aryl methyl sites for hydroxylation is 1. The number of sulfonamides is 1. The van der Waals surface area contributed by atoms with E-state index in [1.807, 2.05) is 73.7 Å². The van der Waals surface area contributed by atoms with Crippen LogP contribution in [0.1, 0.15) is 30.2 Å². The van der Waals surface area contributed by atoms with Gasteiger partial charge in [-0.05, 0) is 68.3 Å². The first-order valence-corrected chi connectivity index (χ1v) is 12.7. The molecule has 0 N–H and O–H groups in total. The highest BCUT2D eigenvalue weighted by Crippen LogP contribution is 2.31. The lowest BCUT2D eigenvalue weighted by atomic mass is 10.00. The normalized spacial score (nSPS) is 16.9. The Morgan fingerprint density at radius 3 is 2.38 bits per heavy atom. The van der Waals surface area contributed by atoms with Gasteiger partial charge in [-0.2, -0.15) is 9.29 Å². The molecule has 0 aliphatic carbocycles. The first-order chi connectivity index (χ1) is 16.5. The Bertz CT molecular complexity index is 1350. The molecule has 5 rings (SSSR count). The zero-order valence-electron chi connectivity index (χ0n) is 18.8. The third-order valence-electron chi connectivity index (χ3n) is 5.93. The van der Waals surface area contributed by atoms with Gasteiger partial charge in [0.05, 0.1) is 10.8 Å². The van der Waals surface area contributed by atoms with Crippen LogP contribution in [0.2, 0.25) is 0 Å². The molecule has 0 bridgehead atoms. The van der Waals surface area contributed by atoms with E-state index in [0.29, 0.717) is 35.4 Å². The summed E-state index contributed by atoms with van der Waals surface area (Å²) >= 11 is 0. The quantitative estimate of drug-likeness (QED) is 0.371. The van der Waals surface area contributed by atoms with E-state index in [4.69, 9.17) is 9.26 Å². The van der Waals surface area contributed by atoms with Crippen LogP contribution < -0.4 is 4.74 Å². The molecule has 0 saturated carbocycles. The van der Waals surface area contributed by atoms with Crippen LogP contribution in [-0.4, -0.2) is 36.0 Å². The maximum Gasteiger partial charge on any atom is 0.243 e. The fourth-order valence-electron chi connectivity index (χ4n) is 4.04. The first-order valence-electron chi connectivity index (χ1n) is 11.2. The molecule has 0 unspecified atom stereocenters. The van der Waals surface area contributed by atoms with Crippen LogP contribution in [0.4, 0.5) is 0 Å². The predicted octanol–water partition coefficient (Wildman–Crippen LogP) is 5.41. The lowest BCUT2D eigenvalue weighted by Crippen LogP contribution is -2.39. The lowest BCUT2D eigenvalue weighted by molar-refractivity contribution is 0.265. The lowest BCUT2D eigenvalue weighted by Gasteiger charge is -2.30. The molecule has 3 aromatic carbocycles. The van der Waals surface area contributed by atoms with Gasteiger partial charge in [-0.3, -0.25) is 0 Å². The van der Waals surface area contributed by atoms with Gasteiger partial charge < -0.3 is 9.26 Å². The Morgan fingerprint density at radius 1 is 0.941 bits per heavy atom. The van der Waals surface area contributed by atoms with Gasteiger partial charge in [0.15, 0.2) is 0 Å². The Labute approximate surface area is 199 Å². The molecule has 34 heavy (non-hydrogen) atoms. The van der Waals surface area contributed by atoms with Crippen LogP contribution in [0.15, 0.2) is 88.3 Å². The zero-order valence-corrected chi connectivity index (χ0v) is 19.6. The zero-order chi connectivity index (χ0) is 23.5. The van der Waals surface area contributed by atoms with E-state index in [0.717, 1.165) is 29.7 Å². The number of para-hydroxylation sites is 1. The second-order valence-electron chi connectivity index (χ2n) is 8.41. The molecule has 0 radical (unpaired) electrons. The van der Waals surface area contributed by atoms with Gasteiger partial charge in [-0.15, -0.1) is 0 Å². The number of ether oxygens (including phenoxy) is 1. The minimum atomic E-state index is -3.57. The van der Waals surface area contributed by atoms with Crippen molar-refractivity contribution in [3.05, 3.63) is 90.3 Å². The molecule has 0 spiro atoms. The van der Waals surface area contributed by atoms with E-state index in [1.165, 1.54) is 4.31 Å². The Morgan fingerprint density at radius 2 is 1.65 bits per heavy atom. The van der Waals surface area contributed by atoms with Gasteiger partial charge in [0.1, 0.15) is 11.5 Å². The van der Waals surface area contributed by atoms with E-state index in [2.05, 4.69) is 10.1 Å². The minimum Gasteiger partial charge on any atom is -0.457 e.